The van der Waals surface area contributed by atoms with E-state index in [4.69, 9.17) is 4.74 Å². The molecule has 0 aliphatic carbocycles. The molecule has 0 heterocycles. The maximum Gasteiger partial charge on any atom is 0.408 e. The molecule has 0 aromatic rings. The van der Waals surface area contributed by atoms with Crippen LogP contribution in [0.15, 0.2) is 4.99 Å². The zero-order valence-electron chi connectivity index (χ0n) is 18.3. The van der Waals surface area contributed by atoms with Crippen molar-refractivity contribution in [3.05, 3.63) is 0 Å². The molecule has 0 saturated heterocycles. The number of nitrogens with zero attached hydrogens (tertiary/aromatic N) is 1. The first-order chi connectivity index (χ1) is 12.4. The monoisotopic (exact) mass is 534 g/mol. The van der Waals surface area contributed by atoms with Crippen molar-refractivity contribution < 1.29 is 17.9 Å². The van der Waals surface area contributed by atoms with Crippen LogP contribution >= 0.6 is 24.0 Å². The number of carbonyl (C=O) groups excluding carboxylic acids is 1. The van der Waals surface area contributed by atoms with Crippen LogP contribution in [0.5, 0.6) is 0 Å². The Balaban J connectivity index is 0. The lowest BCUT2D eigenvalue weighted by Crippen LogP contribution is -2.52. The van der Waals surface area contributed by atoms with Gasteiger partial charge in [-0.15, -0.1) is 24.0 Å². The number of halogens is 1. The van der Waals surface area contributed by atoms with E-state index in [1.807, 2.05) is 41.5 Å². The molecule has 0 unspecified atom stereocenters. The number of nitrogens with one attached hydrogen (secondary N) is 3. The summed E-state index contributed by atoms with van der Waals surface area (Å²) in [6, 6.07) is 0. The highest BCUT2D eigenvalue weighted by Gasteiger charge is 2.30. The van der Waals surface area contributed by atoms with Gasteiger partial charge < -0.3 is 20.7 Å². The lowest BCUT2D eigenvalue weighted by molar-refractivity contribution is 0.0452. The predicted octanol–water partition coefficient (Wildman–Crippen LogP) is 2.68. The summed E-state index contributed by atoms with van der Waals surface area (Å²) >= 11 is 0. The highest BCUT2D eigenvalue weighted by Crippen LogP contribution is 2.17. The third kappa shape index (κ3) is 14.3. The summed E-state index contributed by atoms with van der Waals surface area (Å²) in [6.07, 6.45) is 2.70. The molecular formula is C18H39IN4O4S. The van der Waals surface area contributed by atoms with Crippen molar-refractivity contribution in [3.8, 4) is 0 Å². The highest BCUT2D eigenvalue weighted by molar-refractivity contribution is 14.0. The molecule has 3 N–H and O–H groups in total. The van der Waals surface area contributed by atoms with Gasteiger partial charge in [0.15, 0.2) is 5.96 Å². The topological polar surface area (TPSA) is 109 Å². The van der Waals surface area contributed by atoms with Crippen molar-refractivity contribution in [2.24, 2.45) is 4.99 Å². The van der Waals surface area contributed by atoms with Gasteiger partial charge in [0.25, 0.3) is 0 Å². The molecule has 10 heteroatoms. The summed E-state index contributed by atoms with van der Waals surface area (Å²) < 4.78 is 27.8. The van der Waals surface area contributed by atoms with Gasteiger partial charge in [-0.1, -0.05) is 13.8 Å². The molecular weight excluding hydrogens is 495 g/mol. The minimum Gasteiger partial charge on any atom is -0.444 e. The van der Waals surface area contributed by atoms with E-state index < -0.39 is 27.1 Å². The number of aliphatic imine (C=N–C) groups is 1. The normalized spacial score (nSPS) is 12.8. The zero-order chi connectivity index (χ0) is 21.1. The van der Waals surface area contributed by atoms with Gasteiger partial charge >= 0.3 is 6.09 Å². The zero-order valence-corrected chi connectivity index (χ0v) is 21.5. The van der Waals surface area contributed by atoms with Crippen LogP contribution < -0.4 is 16.0 Å². The molecule has 1 amide bonds. The molecule has 0 bridgehead atoms. The summed E-state index contributed by atoms with van der Waals surface area (Å²) in [5, 5.41) is 9.24. The molecule has 0 aromatic carbocycles. The van der Waals surface area contributed by atoms with Crippen LogP contribution in [0.2, 0.25) is 0 Å². The van der Waals surface area contributed by atoms with Crippen molar-refractivity contribution in [1.82, 2.24) is 16.0 Å². The Hall–Kier alpha value is -0.780. The summed E-state index contributed by atoms with van der Waals surface area (Å²) in [4.78, 5) is 16.8. The largest absolute Gasteiger partial charge is 0.444 e. The van der Waals surface area contributed by atoms with Crippen LogP contribution in [-0.4, -0.2) is 63.3 Å². The first-order valence-corrected chi connectivity index (χ1v) is 11.6. The number of hydrogen-bond donors (Lipinski definition) is 3. The molecule has 28 heavy (non-hydrogen) atoms. The maximum atomic E-state index is 12.2. The molecule has 8 nitrogen and oxygen atoms in total. The van der Waals surface area contributed by atoms with Crippen molar-refractivity contribution in [3.63, 3.8) is 0 Å². The van der Waals surface area contributed by atoms with Gasteiger partial charge in [-0.2, -0.15) is 0 Å². The fraction of sp³-hybridized carbons (Fsp3) is 0.889. The number of ether oxygens (including phenoxy) is 1. The standard InChI is InChI=1S/C18H38N4O4S.HI/c1-8-18(9-2,22-16(23)26-17(4,5)6)14-21-15(19-10-3)20-12-11-13-27(7,24)25;/h8-14H2,1-7H3,(H,22,23)(H2,19,20,21);1H. The van der Waals surface area contributed by atoms with E-state index in [9.17, 15) is 13.2 Å². The molecule has 0 saturated carbocycles. The number of amides is 1. The maximum absolute atomic E-state index is 12.2. The van der Waals surface area contributed by atoms with E-state index in [-0.39, 0.29) is 29.7 Å². The van der Waals surface area contributed by atoms with Crippen LogP contribution in [0.4, 0.5) is 4.79 Å². The Bertz CT molecular complexity index is 585. The van der Waals surface area contributed by atoms with Crippen LogP contribution in [0.1, 0.15) is 60.8 Å². The number of carbonyl (C=O) groups is 1. The lowest BCUT2D eigenvalue weighted by atomic mass is 9.93. The number of guanidine groups is 1. The van der Waals surface area contributed by atoms with E-state index >= 15 is 0 Å². The van der Waals surface area contributed by atoms with Crippen LogP contribution in [0.25, 0.3) is 0 Å². The van der Waals surface area contributed by atoms with Gasteiger partial charge in [0, 0.05) is 19.3 Å². The van der Waals surface area contributed by atoms with Gasteiger partial charge in [0.05, 0.1) is 17.8 Å². The summed E-state index contributed by atoms with van der Waals surface area (Å²) in [5.41, 5.74) is -1.06. The Labute approximate surface area is 188 Å². The molecule has 0 aromatic heterocycles. The van der Waals surface area contributed by atoms with Crippen LogP contribution in [-0.2, 0) is 14.6 Å². The average molecular weight is 535 g/mol. The minimum absolute atomic E-state index is 0. The Morgan fingerprint density at radius 3 is 2.07 bits per heavy atom. The van der Waals surface area contributed by atoms with Crippen molar-refractivity contribution >= 4 is 45.9 Å². The number of alkyl carbamates (subject to hydrolysis) is 1. The van der Waals surface area contributed by atoms with Gasteiger partial charge in [-0.25, -0.2) is 13.2 Å². The number of rotatable bonds is 10. The fourth-order valence-electron chi connectivity index (χ4n) is 2.32. The summed E-state index contributed by atoms with van der Waals surface area (Å²) in [6.45, 7) is 13.0. The van der Waals surface area contributed by atoms with Crippen LogP contribution in [0.3, 0.4) is 0 Å². The van der Waals surface area contributed by atoms with E-state index in [0.717, 1.165) is 0 Å². The molecule has 0 rings (SSSR count). The number of sulfone groups is 1. The van der Waals surface area contributed by atoms with Gasteiger partial charge in [0.1, 0.15) is 15.4 Å². The van der Waals surface area contributed by atoms with Gasteiger partial charge in [-0.3, -0.25) is 4.99 Å². The van der Waals surface area contributed by atoms with Crippen molar-refractivity contribution in [1.29, 1.82) is 0 Å². The lowest BCUT2D eigenvalue weighted by Gasteiger charge is -2.32. The first kappa shape index (κ1) is 29.4. The Morgan fingerprint density at radius 1 is 1.07 bits per heavy atom. The van der Waals surface area contributed by atoms with Crippen molar-refractivity contribution in [2.75, 3.05) is 31.6 Å². The SMILES string of the molecule is CCNC(=NCC(CC)(CC)NC(=O)OC(C)(C)C)NCCCS(C)(=O)=O.I. The Morgan fingerprint density at radius 2 is 1.64 bits per heavy atom. The molecule has 0 aliphatic heterocycles. The Kier molecular flexibility index (Phi) is 14.1. The molecule has 0 spiro atoms. The second kappa shape index (κ2) is 13.4. The van der Waals surface area contributed by atoms with Crippen molar-refractivity contribution in [2.45, 2.75) is 71.9 Å². The highest BCUT2D eigenvalue weighted by atomic mass is 127. The second-order valence-corrected chi connectivity index (χ2v) is 9.98. The summed E-state index contributed by atoms with van der Waals surface area (Å²) in [5.74, 6) is 0.733. The molecule has 168 valence electrons. The second-order valence-electron chi connectivity index (χ2n) is 7.72. The van der Waals surface area contributed by atoms with Gasteiger partial charge in [0.2, 0.25) is 0 Å². The first-order valence-electron chi connectivity index (χ1n) is 9.57. The van der Waals surface area contributed by atoms with E-state index in [1.165, 1.54) is 6.26 Å². The molecule has 0 atom stereocenters. The fourth-order valence-corrected chi connectivity index (χ4v) is 2.99. The van der Waals surface area contributed by atoms with E-state index in [0.29, 0.717) is 44.9 Å². The van der Waals surface area contributed by atoms with Gasteiger partial charge in [-0.05, 0) is 47.0 Å². The molecule has 0 radical (unpaired) electrons. The number of hydrogen-bond acceptors (Lipinski definition) is 5. The third-order valence-electron chi connectivity index (χ3n) is 3.99. The van der Waals surface area contributed by atoms with E-state index in [1.54, 1.807) is 0 Å². The minimum atomic E-state index is -2.97. The predicted molar refractivity (Wildman–Crippen MR) is 126 cm³/mol. The molecule has 0 fully saturated rings. The molecule has 0 aliphatic rings. The van der Waals surface area contributed by atoms with E-state index in [2.05, 4.69) is 20.9 Å². The van der Waals surface area contributed by atoms with Crippen LogP contribution in [0, 0.1) is 0 Å². The quantitative estimate of drug-likeness (QED) is 0.172. The third-order valence-corrected chi connectivity index (χ3v) is 5.02. The average Bonchev–Trinajstić information content (AvgIpc) is 2.52. The summed E-state index contributed by atoms with van der Waals surface area (Å²) in [7, 11) is -2.97. The smallest absolute Gasteiger partial charge is 0.408 e.